The van der Waals surface area contributed by atoms with Gasteiger partial charge in [-0.05, 0) is 76.6 Å². The van der Waals surface area contributed by atoms with Gasteiger partial charge in [0.1, 0.15) is 5.75 Å². The predicted octanol–water partition coefficient (Wildman–Crippen LogP) is 3.22. The SMILES string of the molecule is CC1=C(C)C[C@H](C(=O)NNC(=O)c2ccc(OC3CCCC3)cc2)[C@@H](C(=O)O)C1. The van der Waals surface area contributed by atoms with Crippen molar-refractivity contribution in [1.29, 1.82) is 0 Å². The molecule has 156 valence electrons. The molecule has 2 aliphatic rings. The highest BCUT2D eigenvalue weighted by molar-refractivity contribution is 5.96. The minimum Gasteiger partial charge on any atom is -0.490 e. The van der Waals surface area contributed by atoms with E-state index in [0.717, 1.165) is 29.7 Å². The first-order valence-corrected chi connectivity index (χ1v) is 10.1. The molecule has 0 heterocycles. The topological polar surface area (TPSA) is 105 Å². The van der Waals surface area contributed by atoms with Crippen molar-refractivity contribution in [2.24, 2.45) is 11.8 Å². The number of rotatable bonds is 5. The van der Waals surface area contributed by atoms with Crippen LogP contribution in [0.1, 0.15) is 62.7 Å². The average molecular weight is 400 g/mol. The summed E-state index contributed by atoms with van der Waals surface area (Å²) in [6.45, 7) is 3.79. The van der Waals surface area contributed by atoms with Crippen molar-refractivity contribution in [2.45, 2.75) is 58.5 Å². The second-order valence-corrected chi connectivity index (χ2v) is 8.01. The van der Waals surface area contributed by atoms with Gasteiger partial charge in [-0.2, -0.15) is 0 Å². The van der Waals surface area contributed by atoms with E-state index < -0.39 is 29.6 Å². The Bertz CT molecular complexity index is 809. The highest BCUT2D eigenvalue weighted by Gasteiger charge is 2.37. The molecule has 0 unspecified atom stereocenters. The van der Waals surface area contributed by atoms with E-state index in [1.54, 1.807) is 24.3 Å². The molecular formula is C22H28N2O5. The first kappa shape index (κ1) is 20.9. The third-order valence-electron chi connectivity index (χ3n) is 5.94. The van der Waals surface area contributed by atoms with Crippen molar-refractivity contribution in [2.75, 3.05) is 0 Å². The first-order valence-electron chi connectivity index (χ1n) is 10.1. The fraction of sp³-hybridized carbons (Fsp3) is 0.500. The monoisotopic (exact) mass is 400 g/mol. The summed E-state index contributed by atoms with van der Waals surface area (Å²) in [5.74, 6) is -2.72. The van der Waals surface area contributed by atoms with Crippen molar-refractivity contribution in [3.63, 3.8) is 0 Å². The summed E-state index contributed by atoms with van der Waals surface area (Å²) >= 11 is 0. The van der Waals surface area contributed by atoms with Crippen LogP contribution in [0.25, 0.3) is 0 Å². The zero-order valence-electron chi connectivity index (χ0n) is 16.9. The number of hydrogen-bond donors (Lipinski definition) is 3. The van der Waals surface area contributed by atoms with Crippen LogP contribution in [0.5, 0.6) is 5.75 Å². The minimum atomic E-state index is -0.999. The van der Waals surface area contributed by atoms with E-state index in [1.165, 1.54) is 12.8 Å². The van der Waals surface area contributed by atoms with Gasteiger partial charge in [-0.15, -0.1) is 0 Å². The van der Waals surface area contributed by atoms with Crippen molar-refractivity contribution < 1.29 is 24.2 Å². The van der Waals surface area contributed by atoms with E-state index in [9.17, 15) is 19.5 Å². The standard InChI is InChI=1S/C22H28N2O5/c1-13-11-18(19(22(27)28)12-14(13)2)21(26)24-23-20(25)15-7-9-17(10-8-15)29-16-5-3-4-6-16/h7-10,16,18-19H,3-6,11-12H2,1-2H3,(H,23,25)(H,24,26)(H,27,28)/t18-,19-/m0/s1. The van der Waals surface area contributed by atoms with Crippen LogP contribution in [0, 0.1) is 11.8 Å². The number of hydrogen-bond acceptors (Lipinski definition) is 4. The quantitative estimate of drug-likeness (QED) is 0.520. The van der Waals surface area contributed by atoms with Crippen LogP contribution in [0.2, 0.25) is 0 Å². The van der Waals surface area contributed by atoms with E-state index >= 15 is 0 Å². The van der Waals surface area contributed by atoms with E-state index in [0.29, 0.717) is 18.4 Å². The van der Waals surface area contributed by atoms with Crippen LogP contribution in [-0.4, -0.2) is 29.0 Å². The molecule has 7 nitrogen and oxygen atoms in total. The third-order valence-corrected chi connectivity index (χ3v) is 5.94. The summed E-state index contributed by atoms with van der Waals surface area (Å²) in [5, 5.41) is 9.44. The normalized spacial score (nSPS) is 22.3. The van der Waals surface area contributed by atoms with Crippen LogP contribution in [0.3, 0.4) is 0 Å². The van der Waals surface area contributed by atoms with E-state index in [1.807, 2.05) is 13.8 Å². The maximum absolute atomic E-state index is 12.5. The van der Waals surface area contributed by atoms with Crippen molar-refractivity contribution in [3.8, 4) is 5.75 Å². The molecule has 0 aliphatic heterocycles. The fourth-order valence-corrected chi connectivity index (χ4v) is 3.99. The molecule has 2 amide bonds. The molecule has 0 saturated heterocycles. The summed E-state index contributed by atoms with van der Waals surface area (Å²) in [6, 6.07) is 6.77. The van der Waals surface area contributed by atoms with Gasteiger partial charge in [0.25, 0.3) is 5.91 Å². The van der Waals surface area contributed by atoms with Crippen LogP contribution in [0.15, 0.2) is 35.4 Å². The Hall–Kier alpha value is -2.83. The van der Waals surface area contributed by atoms with Gasteiger partial charge >= 0.3 is 5.97 Å². The number of carboxylic acids is 1. The molecule has 7 heteroatoms. The van der Waals surface area contributed by atoms with Crippen LogP contribution < -0.4 is 15.6 Å². The molecule has 1 fully saturated rings. The number of carbonyl (C=O) groups excluding carboxylic acids is 2. The van der Waals surface area contributed by atoms with E-state index in [4.69, 9.17) is 4.74 Å². The highest BCUT2D eigenvalue weighted by atomic mass is 16.5. The number of benzene rings is 1. The third kappa shape index (κ3) is 5.16. The van der Waals surface area contributed by atoms with Gasteiger partial charge in [0.15, 0.2) is 0 Å². The Labute approximate surface area is 170 Å². The molecule has 1 aromatic rings. The molecule has 0 radical (unpaired) electrons. The van der Waals surface area contributed by atoms with E-state index in [2.05, 4.69) is 10.9 Å². The number of ether oxygens (including phenoxy) is 1. The lowest BCUT2D eigenvalue weighted by molar-refractivity contribution is -0.147. The molecule has 1 aromatic carbocycles. The summed E-state index contributed by atoms with van der Waals surface area (Å²) < 4.78 is 5.88. The van der Waals surface area contributed by atoms with Gasteiger partial charge in [-0.1, -0.05) is 11.1 Å². The minimum absolute atomic E-state index is 0.243. The van der Waals surface area contributed by atoms with Crippen LogP contribution >= 0.6 is 0 Å². The highest BCUT2D eigenvalue weighted by Crippen LogP contribution is 2.34. The van der Waals surface area contributed by atoms with Gasteiger partial charge in [-0.25, -0.2) is 0 Å². The fourth-order valence-electron chi connectivity index (χ4n) is 3.99. The maximum atomic E-state index is 12.5. The molecule has 2 atom stereocenters. The number of hydrazine groups is 1. The largest absolute Gasteiger partial charge is 0.490 e. The molecule has 3 rings (SSSR count). The van der Waals surface area contributed by atoms with Gasteiger partial charge in [0, 0.05) is 5.56 Å². The molecule has 0 aromatic heterocycles. The number of nitrogens with one attached hydrogen (secondary N) is 2. The lowest BCUT2D eigenvalue weighted by atomic mass is 9.76. The predicted molar refractivity (Wildman–Crippen MR) is 107 cm³/mol. The smallest absolute Gasteiger partial charge is 0.307 e. The Balaban J connectivity index is 1.55. The number of amides is 2. The summed E-state index contributed by atoms with van der Waals surface area (Å²) in [4.78, 5) is 36.4. The number of aliphatic carboxylic acids is 1. The summed E-state index contributed by atoms with van der Waals surface area (Å²) in [5.41, 5.74) is 7.18. The first-order chi connectivity index (χ1) is 13.8. The van der Waals surface area contributed by atoms with E-state index in [-0.39, 0.29) is 6.10 Å². The molecule has 2 aliphatic carbocycles. The number of carbonyl (C=O) groups is 3. The lowest BCUT2D eigenvalue weighted by Gasteiger charge is -2.29. The molecule has 0 spiro atoms. The molecular weight excluding hydrogens is 372 g/mol. The van der Waals surface area contributed by atoms with Crippen molar-refractivity contribution in [1.82, 2.24) is 10.9 Å². The Morgan fingerprint density at radius 2 is 1.52 bits per heavy atom. The summed E-state index contributed by atoms with van der Waals surface area (Å²) in [7, 11) is 0. The molecule has 3 N–H and O–H groups in total. The van der Waals surface area contributed by atoms with Crippen molar-refractivity contribution in [3.05, 3.63) is 41.0 Å². The average Bonchev–Trinajstić information content (AvgIpc) is 3.21. The maximum Gasteiger partial charge on any atom is 0.307 e. The second kappa shape index (κ2) is 9.11. The Morgan fingerprint density at radius 1 is 0.931 bits per heavy atom. The number of allylic oxidation sites excluding steroid dienone is 2. The molecule has 29 heavy (non-hydrogen) atoms. The van der Waals surface area contributed by atoms with Crippen molar-refractivity contribution >= 4 is 17.8 Å². The Morgan fingerprint density at radius 3 is 2.10 bits per heavy atom. The zero-order valence-corrected chi connectivity index (χ0v) is 16.9. The number of carboxylic acid groups (broad SMARTS) is 1. The molecule has 0 bridgehead atoms. The Kier molecular flexibility index (Phi) is 6.56. The zero-order chi connectivity index (χ0) is 21.0. The van der Waals surface area contributed by atoms with Gasteiger partial charge < -0.3 is 9.84 Å². The lowest BCUT2D eigenvalue weighted by Crippen LogP contribution is -2.48. The van der Waals surface area contributed by atoms with Crippen LogP contribution in [-0.2, 0) is 9.59 Å². The van der Waals surface area contributed by atoms with Crippen LogP contribution in [0.4, 0.5) is 0 Å². The van der Waals surface area contributed by atoms with Gasteiger partial charge in [0.2, 0.25) is 5.91 Å². The molecule has 1 saturated carbocycles. The van der Waals surface area contributed by atoms with Gasteiger partial charge in [0.05, 0.1) is 17.9 Å². The summed E-state index contributed by atoms with van der Waals surface area (Å²) in [6.07, 6.45) is 5.44. The van der Waals surface area contributed by atoms with Gasteiger partial charge in [-0.3, -0.25) is 25.2 Å². The second-order valence-electron chi connectivity index (χ2n) is 8.01.